The van der Waals surface area contributed by atoms with E-state index in [4.69, 9.17) is 0 Å². The number of anilines is 1. The third-order valence-electron chi connectivity index (χ3n) is 5.21. The summed E-state index contributed by atoms with van der Waals surface area (Å²) in [4.78, 5) is 20.5. The summed E-state index contributed by atoms with van der Waals surface area (Å²) < 4.78 is 31.1. The van der Waals surface area contributed by atoms with Crippen molar-refractivity contribution in [1.82, 2.24) is 14.5 Å². The predicted molar refractivity (Wildman–Crippen MR) is 111 cm³/mol. The average molecular weight is 402 g/mol. The highest BCUT2D eigenvalue weighted by Crippen LogP contribution is 2.33. The van der Waals surface area contributed by atoms with E-state index >= 15 is 0 Å². The maximum atomic E-state index is 14.9. The molecule has 2 aromatic carbocycles. The van der Waals surface area contributed by atoms with Crippen molar-refractivity contribution in [1.29, 1.82) is 0 Å². The molecule has 4 aromatic rings. The highest BCUT2D eigenvalue weighted by Gasteiger charge is 2.18. The van der Waals surface area contributed by atoms with Crippen molar-refractivity contribution in [2.75, 3.05) is 5.32 Å². The lowest BCUT2D eigenvalue weighted by atomic mass is 9.99. The molecule has 2 aromatic heterocycles. The van der Waals surface area contributed by atoms with Crippen molar-refractivity contribution in [3.8, 4) is 11.1 Å². The molecule has 0 spiro atoms. The van der Waals surface area contributed by atoms with Gasteiger partial charge in [0.2, 0.25) is 0 Å². The number of rotatable bonds is 3. The van der Waals surface area contributed by atoms with E-state index in [0.717, 1.165) is 23.1 Å². The minimum absolute atomic E-state index is 0.199. The topological polar surface area (TPSA) is 59.8 Å². The molecule has 1 aliphatic heterocycles. The summed E-state index contributed by atoms with van der Waals surface area (Å²) in [6, 6.07) is 11.5. The van der Waals surface area contributed by atoms with Crippen molar-refractivity contribution < 1.29 is 8.78 Å². The lowest BCUT2D eigenvalue weighted by Crippen LogP contribution is -2.23. The Labute approximate surface area is 170 Å². The van der Waals surface area contributed by atoms with Crippen LogP contribution in [-0.4, -0.2) is 14.5 Å². The number of allylic oxidation sites excluding steroid dienone is 1. The van der Waals surface area contributed by atoms with Crippen LogP contribution in [-0.2, 0) is 13.0 Å². The molecule has 5 nitrogen and oxygen atoms in total. The second kappa shape index (κ2) is 6.88. The van der Waals surface area contributed by atoms with Gasteiger partial charge in [0.1, 0.15) is 17.2 Å². The minimum atomic E-state index is -0.721. The van der Waals surface area contributed by atoms with Crippen LogP contribution < -0.4 is 10.9 Å². The maximum Gasteiger partial charge on any atom is 0.270 e. The van der Waals surface area contributed by atoms with Gasteiger partial charge < -0.3 is 5.32 Å². The molecule has 0 radical (unpaired) electrons. The summed E-state index contributed by atoms with van der Waals surface area (Å²) in [5.41, 5.74) is 4.09. The quantitative estimate of drug-likeness (QED) is 0.556. The third-order valence-corrected chi connectivity index (χ3v) is 5.21. The fourth-order valence-electron chi connectivity index (χ4n) is 3.73. The Kier molecular flexibility index (Phi) is 4.17. The molecule has 0 saturated carbocycles. The summed E-state index contributed by atoms with van der Waals surface area (Å²) in [6.45, 7) is 3.63. The number of aromatic nitrogens is 3. The van der Waals surface area contributed by atoms with Crippen molar-refractivity contribution in [2.24, 2.45) is 0 Å². The Morgan fingerprint density at radius 1 is 1.07 bits per heavy atom. The van der Waals surface area contributed by atoms with Gasteiger partial charge in [-0.25, -0.2) is 18.7 Å². The second-order valence-corrected chi connectivity index (χ2v) is 7.22. The van der Waals surface area contributed by atoms with Crippen LogP contribution in [0, 0.1) is 11.6 Å². The van der Waals surface area contributed by atoms with Crippen molar-refractivity contribution in [3.63, 3.8) is 0 Å². The first-order chi connectivity index (χ1) is 14.5. The van der Waals surface area contributed by atoms with E-state index in [2.05, 4.69) is 21.9 Å². The Bertz CT molecular complexity index is 1370. The van der Waals surface area contributed by atoms with Crippen LogP contribution in [0.4, 0.5) is 14.5 Å². The van der Waals surface area contributed by atoms with E-state index in [1.165, 1.54) is 22.9 Å². The Hall–Kier alpha value is -3.87. The second-order valence-electron chi connectivity index (χ2n) is 7.22. The van der Waals surface area contributed by atoms with Crippen LogP contribution in [0.1, 0.15) is 11.1 Å². The molecule has 0 fully saturated rings. The van der Waals surface area contributed by atoms with Crippen molar-refractivity contribution >= 4 is 16.9 Å². The molecule has 0 atom stereocenters. The first kappa shape index (κ1) is 18.2. The number of halogens is 2. The van der Waals surface area contributed by atoms with Crippen LogP contribution in [0.3, 0.4) is 0 Å². The number of hydrogen-bond donors (Lipinski definition) is 1. The molecular formula is C23H16F2N4O. The highest BCUT2D eigenvalue weighted by molar-refractivity contribution is 5.72. The van der Waals surface area contributed by atoms with E-state index in [1.807, 2.05) is 18.2 Å². The van der Waals surface area contributed by atoms with Gasteiger partial charge in [0.05, 0.1) is 12.7 Å². The normalized spacial score (nSPS) is 12.8. The summed E-state index contributed by atoms with van der Waals surface area (Å²) >= 11 is 0. The number of fused-ring (bicyclic) bond motifs is 2. The molecule has 30 heavy (non-hydrogen) atoms. The fraction of sp³-hybridized carbons (Fsp3) is 0.0870. The lowest BCUT2D eigenvalue weighted by Gasteiger charge is -2.12. The van der Waals surface area contributed by atoms with Crippen molar-refractivity contribution in [3.05, 3.63) is 100 Å². The number of benzene rings is 2. The molecular weight excluding hydrogens is 386 g/mol. The summed E-state index contributed by atoms with van der Waals surface area (Å²) in [5.74, 6) is -1.44. The van der Waals surface area contributed by atoms with Gasteiger partial charge in [0.25, 0.3) is 5.56 Å². The van der Waals surface area contributed by atoms with E-state index in [9.17, 15) is 13.6 Å². The number of pyridine rings is 1. The summed E-state index contributed by atoms with van der Waals surface area (Å²) in [5, 5.41) is 3.17. The zero-order valence-electron chi connectivity index (χ0n) is 15.8. The molecule has 0 saturated heterocycles. The lowest BCUT2D eigenvalue weighted by molar-refractivity contribution is 0.544. The monoisotopic (exact) mass is 402 g/mol. The largest absolute Gasteiger partial charge is 0.359 e. The molecule has 0 bridgehead atoms. The van der Waals surface area contributed by atoms with Crippen LogP contribution in [0.15, 0.2) is 71.9 Å². The van der Waals surface area contributed by atoms with Crippen molar-refractivity contribution in [2.45, 2.75) is 13.0 Å². The molecule has 1 aliphatic rings. The van der Waals surface area contributed by atoms with E-state index in [0.29, 0.717) is 23.1 Å². The van der Waals surface area contributed by atoms with Gasteiger partial charge in [-0.3, -0.25) is 9.36 Å². The van der Waals surface area contributed by atoms with Gasteiger partial charge in [-0.1, -0.05) is 12.6 Å². The van der Waals surface area contributed by atoms with E-state index in [-0.39, 0.29) is 17.8 Å². The first-order valence-corrected chi connectivity index (χ1v) is 9.36. The first-order valence-electron chi connectivity index (χ1n) is 9.36. The van der Waals surface area contributed by atoms with Crippen LogP contribution in [0.25, 0.3) is 22.3 Å². The van der Waals surface area contributed by atoms with Gasteiger partial charge >= 0.3 is 0 Å². The number of hydrogen-bond acceptors (Lipinski definition) is 4. The maximum absolute atomic E-state index is 14.9. The standard InChI is InChI=1S/C23H16F2N4O/c1-13-7-16-8-14(4-5-20(16)28-13)15-9-18(24)17(19(25)10-15)12-29-22(30)11-27-21-3-2-6-26-23(21)29/h2-6,8-11,28H,1,7,12H2. The SMILES string of the molecule is C=C1Cc2cc(-c3cc(F)c(Cn4c(=O)cnc5cccnc54)c(F)c3)ccc2N1. The average Bonchev–Trinajstić information content (AvgIpc) is 3.11. The van der Waals surface area contributed by atoms with Gasteiger partial charge in [0.15, 0.2) is 5.65 Å². The predicted octanol–water partition coefficient (Wildman–Crippen LogP) is 4.27. The van der Waals surface area contributed by atoms with E-state index in [1.54, 1.807) is 12.1 Å². The fourth-order valence-corrected chi connectivity index (χ4v) is 3.73. The smallest absolute Gasteiger partial charge is 0.270 e. The van der Waals surface area contributed by atoms with Gasteiger partial charge in [0, 0.05) is 29.6 Å². The van der Waals surface area contributed by atoms with Gasteiger partial charge in [-0.2, -0.15) is 0 Å². The molecule has 148 valence electrons. The van der Waals surface area contributed by atoms with E-state index < -0.39 is 17.2 Å². The number of nitrogens with zero attached hydrogens (tertiary/aromatic N) is 3. The van der Waals surface area contributed by atoms with Gasteiger partial charge in [-0.15, -0.1) is 0 Å². The molecule has 0 aliphatic carbocycles. The summed E-state index contributed by atoms with van der Waals surface area (Å²) in [7, 11) is 0. The molecule has 7 heteroatoms. The molecule has 3 heterocycles. The van der Waals surface area contributed by atoms with Crippen LogP contribution in [0.2, 0.25) is 0 Å². The third kappa shape index (κ3) is 3.04. The molecule has 1 N–H and O–H groups in total. The van der Waals surface area contributed by atoms with Gasteiger partial charge in [-0.05, 0) is 53.1 Å². The summed E-state index contributed by atoms with van der Waals surface area (Å²) in [6.07, 6.45) is 3.31. The van der Waals surface area contributed by atoms with Crippen LogP contribution >= 0.6 is 0 Å². The highest BCUT2D eigenvalue weighted by atomic mass is 19.1. The zero-order chi connectivity index (χ0) is 20.8. The number of nitrogens with one attached hydrogen (secondary N) is 1. The Morgan fingerprint density at radius 3 is 2.67 bits per heavy atom. The Morgan fingerprint density at radius 2 is 1.87 bits per heavy atom. The zero-order valence-corrected chi connectivity index (χ0v) is 15.8. The molecule has 0 amide bonds. The molecule has 0 unspecified atom stereocenters. The minimum Gasteiger partial charge on any atom is -0.359 e. The van der Waals surface area contributed by atoms with Crippen LogP contribution in [0.5, 0.6) is 0 Å². The Balaban J connectivity index is 1.55. The molecule has 5 rings (SSSR count).